The van der Waals surface area contributed by atoms with E-state index in [0.717, 1.165) is 32.1 Å². The molecule has 5 nitrogen and oxygen atoms in total. The highest BCUT2D eigenvalue weighted by molar-refractivity contribution is 14.0. The Hall–Kier alpha value is 0.270. The van der Waals surface area contributed by atoms with Crippen molar-refractivity contribution in [2.24, 2.45) is 4.99 Å². The molecule has 0 unspecified atom stereocenters. The molecule has 0 bridgehead atoms. The van der Waals surface area contributed by atoms with E-state index in [0.29, 0.717) is 0 Å². The summed E-state index contributed by atoms with van der Waals surface area (Å²) in [4.78, 5) is 9.68. The van der Waals surface area contributed by atoms with Gasteiger partial charge in [0.25, 0.3) is 0 Å². The molecule has 0 spiro atoms. The molecule has 0 aromatic heterocycles. The lowest BCUT2D eigenvalue weighted by atomic mass is 10.2. The molecule has 0 aromatic rings. The third-order valence-electron chi connectivity index (χ3n) is 4.05. The molecule has 138 valence electrons. The van der Waals surface area contributed by atoms with Crippen LogP contribution in [-0.4, -0.2) is 86.2 Å². The standard InChI is InChI=1S/C16H35N5S.HI/c1-6-17-15(19-14-16(2,3)22-5)18-8-11-21-10-7-9-20(4)12-13-21;/h6-14H2,1-5H3,(H2,17,18,19);1H. The Morgan fingerprint density at radius 3 is 2.57 bits per heavy atom. The third-order valence-corrected chi connectivity index (χ3v) is 5.28. The van der Waals surface area contributed by atoms with Crippen molar-refractivity contribution < 1.29 is 0 Å². The fourth-order valence-corrected chi connectivity index (χ4v) is 2.53. The van der Waals surface area contributed by atoms with Crippen LogP contribution in [0.5, 0.6) is 0 Å². The molecular weight excluding hydrogens is 421 g/mol. The normalized spacial score (nSPS) is 18.2. The van der Waals surface area contributed by atoms with Gasteiger partial charge < -0.3 is 20.4 Å². The molecule has 1 saturated heterocycles. The van der Waals surface area contributed by atoms with Gasteiger partial charge in [0.05, 0.1) is 6.54 Å². The predicted molar refractivity (Wildman–Crippen MR) is 116 cm³/mol. The van der Waals surface area contributed by atoms with Gasteiger partial charge in [-0.3, -0.25) is 4.99 Å². The molecule has 0 aromatic carbocycles. The highest BCUT2D eigenvalue weighted by Crippen LogP contribution is 2.20. The fourth-order valence-electron chi connectivity index (χ4n) is 2.33. The smallest absolute Gasteiger partial charge is 0.191 e. The summed E-state index contributed by atoms with van der Waals surface area (Å²) in [5.41, 5.74) is 0. The van der Waals surface area contributed by atoms with Gasteiger partial charge in [-0.25, -0.2) is 0 Å². The molecule has 0 radical (unpaired) electrons. The molecule has 1 rings (SSSR count). The number of hydrogen-bond donors (Lipinski definition) is 2. The van der Waals surface area contributed by atoms with Crippen LogP contribution in [0.4, 0.5) is 0 Å². The minimum Gasteiger partial charge on any atom is -0.357 e. The van der Waals surface area contributed by atoms with Crippen molar-refractivity contribution in [2.45, 2.75) is 31.9 Å². The second-order valence-electron chi connectivity index (χ2n) is 6.58. The van der Waals surface area contributed by atoms with E-state index in [9.17, 15) is 0 Å². The average Bonchev–Trinajstić information content (AvgIpc) is 2.70. The highest BCUT2D eigenvalue weighted by atomic mass is 127. The van der Waals surface area contributed by atoms with Gasteiger partial charge in [0, 0.05) is 37.5 Å². The molecule has 0 aliphatic carbocycles. The maximum absolute atomic E-state index is 4.72. The van der Waals surface area contributed by atoms with Crippen LogP contribution >= 0.6 is 35.7 Å². The van der Waals surface area contributed by atoms with Crippen LogP contribution < -0.4 is 10.6 Å². The second kappa shape index (κ2) is 12.6. The number of rotatable bonds is 7. The van der Waals surface area contributed by atoms with Crippen LogP contribution in [0.1, 0.15) is 27.2 Å². The molecule has 1 fully saturated rings. The summed E-state index contributed by atoms with van der Waals surface area (Å²) < 4.78 is 0.192. The van der Waals surface area contributed by atoms with Crippen molar-refractivity contribution in [3.05, 3.63) is 0 Å². The molecule has 2 N–H and O–H groups in total. The molecule has 1 aliphatic rings. The lowest BCUT2D eigenvalue weighted by Crippen LogP contribution is -2.42. The summed E-state index contributed by atoms with van der Waals surface area (Å²) in [6.45, 7) is 15.1. The van der Waals surface area contributed by atoms with Crippen molar-refractivity contribution in [3.63, 3.8) is 0 Å². The number of hydrogen-bond acceptors (Lipinski definition) is 4. The van der Waals surface area contributed by atoms with Gasteiger partial charge in [-0.05, 0) is 53.6 Å². The molecular formula is C16H36IN5S. The predicted octanol–water partition coefficient (Wildman–Crippen LogP) is 1.94. The molecule has 0 atom stereocenters. The summed E-state index contributed by atoms with van der Waals surface area (Å²) in [7, 11) is 2.21. The molecule has 1 heterocycles. The maximum Gasteiger partial charge on any atom is 0.191 e. The first-order valence-corrected chi connectivity index (χ1v) is 9.67. The Morgan fingerprint density at radius 1 is 1.17 bits per heavy atom. The molecule has 0 amide bonds. The Kier molecular flexibility index (Phi) is 12.8. The zero-order valence-electron chi connectivity index (χ0n) is 15.5. The van der Waals surface area contributed by atoms with E-state index in [1.807, 2.05) is 11.8 Å². The van der Waals surface area contributed by atoms with Gasteiger partial charge in [0.2, 0.25) is 0 Å². The monoisotopic (exact) mass is 457 g/mol. The fraction of sp³-hybridized carbons (Fsp3) is 0.938. The summed E-state index contributed by atoms with van der Waals surface area (Å²) >= 11 is 1.86. The summed E-state index contributed by atoms with van der Waals surface area (Å²) in [5, 5.41) is 6.81. The topological polar surface area (TPSA) is 42.9 Å². The number of nitrogens with zero attached hydrogens (tertiary/aromatic N) is 3. The van der Waals surface area contributed by atoms with E-state index in [1.165, 1.54) is 32.6 Å². The number of aliphatic imine (C=N–C) groups is 1. The molecule has 0 saturated carbocycles. The Morgan fingerprint density at radius 2 is 1.91 bits per heavy atom. The van der Waals surface area contributed by atoms with E-state index in [-0.39, 0.29) is 28.7 Å². The largest absolute Gasteiger partial charge is 0.357 e. The van der Waals surface area contributed by atoms with Gasteiger partial charge in [-0.1, -0.05) is 0 Å². The number of thioether (sulfide) groups is 1. The third kappa shape index (κ3) is 10.7. The molecule has 23 heavy (non-hydrogen) atoms. The van der Waals surface area contributed by atoms with Crippen molar-refractivity contribution in [1.29, 1.82) is 0 Å². The number of halogens is 1. The summed E-state index contributed by atoms with van der Waals surface area (Å²) in [6.07, 6.45) is 3.42. The maximum atomic E-state index is 4.72. The number of likely N-dealkylation sites (N-methyl/N-ethyl adjacent to an activating group) is 1. The van der Waals surface area contributed by atoms with Crippen molar-refractivity contribution in [1.82, 2.24) is 20.4 Å². The minimum absolute atomic E-state index is 0. The lowest BCUT2D eigenvalue weighted by molar-refractivity contribution is 0.280. The van der Waals surface area contributed by atoms with E-state index in [1.54, 1.807) is 0 Å². The Balaban J connectivity index is 0.00000484. The van der Waals surface area contributed by atoms with Crippen LogP contribution in [-0.2, 0) is 0 Å². The van der Waals surface area contributed by atoms with Gasteiger partial charge in [-0.2, -0.15) is 11.8 Å². The number of guanidine groups is 1. The second-order valence-corrected chi connectivity index (χ2v) is 8.10. The van der Waals surface area contributed by atoms with E-state index in [2.05, 4.69) is 54.5 Å². The number of nitrogens with one attached hydrogen (secondary N) is 2. The van der Waals surface area contributed by atoms with Crippen LogP contribution in [0.2, 0.25) is 0 Å². The first-order chi connectivity index (χ1) is 10.5. The van der Waals surface area contributed by atoms with Crippen LogP contribution in [0.15, 0.2) is 4.99 Å². The van der Waals surface area contributed by atoms with E-state index in [4.69, 9.17) is 4.99 Å². The first kappa shape index (κ1) is 23.3. The summed E-state index contributed by atoms with van der Waals surface area (Å²) in [6, 6.07) is 0. The zero-order chi connectivity index (χ0) is 16.4. The minimum atomic E-state index is 0. The van der Waals surface area contributed by atoms with Crippen LogP contribution in [0.3, 0.4) is 0 Å². The Bertz CT molecular complexity index is 338. The van der Waals surface area contributed by atoms with E-state index >= 15 is 0 Å². The van der Waals surface area contributed by atoms with Gasteiger partial charge >= 0.3 is 0 Å². The van der Waals surface area contributed by atoms with Crippen LogP contribution in [0.25, 0.3) is 0 Å². The van der Waals surface area contributed by atoms with E-state index < -0.39 is 0 Å². The molecule has 1 aliphatic heterocycles. The SMILES string of the molecule is CCNC(=NCC(C)(C)SC)NCCN1CCCN(C)CC1.I. The van der Waals surface area contributed by atoms with Crippen molar-refractivity contribution in [3.8, 4) is 0 Å². The first-order valence-electron chi connectivity index (χ1n) is 8.45. The lowest BCUT2D eigenvalue weighted by Gasteiger charge is -2.22. The Labute approximate surface area is 164 Å². The van der Waals surface area contributed by atoms with Gasteiger partial charge in [-0.15, -0.1) is 24.0 Å². The average molecular weight is 457 g/mol. The van der Waals surface area contributed by atoms with Gasteiger partial charge in [0.1, 0.15) is 0 Å². The molecule has 7 heteroatoms. The highest BCUT2D eigenvalue weighted by Gasteiger charge is 2.15. The van der Waals surface area contributed by atoms with Crippen molar-refractivity contribution >= 4 is 41.7 Å². The van der Waals surface area contributed by atoms with Crippen molar-refractivity contribution in [2.75, 3.05) is 65.7 Å². The zero-order valence-corrected chi connectivity index (χ0v) is 18.7. The van der Waals surface area contributed by atoms with Crippen LogP contribution in [0, 0.1) is 0 Å². The quantitative estimate of drug-likeness (QED) is 0.348. The summed E-state index contributed by atoms with van der Waals surface area (Å²) in [5.74, 6) is 0.941. The van der Waals surface area contributed by atoms with Gasteiger partial charge in [0.15, 0.2) is 5.96 Å².